The van der Waals surface area contributed by atoms with E-state index in [0.29, 0.717) is 11.8 Å². The van der Waals surface area contributed by atoms with Crippen molar-refractivity contribution in [1.29, 1.82) is 0 Å². The molecule has 3 heterocycles. The maximum atomic E-state index is 14.4. The number of carbonyl (C=O) groups is 1. The second-order valence-electron chi connectivity index (χ2n) is 10.8. The lowest BCUT2D eigenvalue weighted by molar-refractivity contribution is -0.141. The fraction of sp³-hybridized carbons (Fsp3) is 0.419. The third-order valence-electron chi connectivity index (χ3n) is 8.74. The van der Waals surface area contributed by atoms with Gasteiger partial charge in [0.15, 0.2) is 0 Å². The summed E-state index contributed by atoms with van der Waals surface area (Å²) in [5.41, 5.74) is 6.19. The van der Waals surface area contributed by atoms with Gasteiger partial charge in [0.05, 0.1) is 17.7 Å². The fourth-order valence-electron chi connectivity index (χ4n) is 7.02. The lowest BCUT2D eigenvalue weighted by atomic mass is 9.66. The van der Waals surface area contributed by atoms with Gasteiger partial charge < -0.3 is 10.2 Å². The molecule has 2 aromatic carbocycles. The molecule has 0 unspecified atom stereocenters. The predicted octanol–water partition coefficient (Wildman–Crippen LogP) is 5.33. The predicted molar refractivity (Wildman–Crippen MR) is 139 cm³/mol. The molecule has 1 aliphatic carbocycles. The number of nitrogens with zero attached hydrogens (tertiary/aromatic N) is 2. The molecule has 1 aromatic heterocycles. The number of rotatable bonds is 3. The van der Waals surface area contributed by atoms with E-state index in [0.717, 1.165) is 51.7 Å². The number of benzene rings is 2. The van der Waals surface area contributed by atoms with Crippen molar-refractivity contribution in [3.63, 3.8) is 0 Å². The van der Waals surface area contributed by atoms with Gasteiger partial charge in [-0.25, -0.2) is 0 Å². The monoisotopic (exact) mass is 465 g/mol. The first-order chi connectivity index (χ1) is 17.2. The summed E-state index contributed by atoms with van der Waals surface area (Å²) in [6.45, 7) is 4.51. The van der Waals surface area contributed by atoms with Crippen LogP contribution in [0.25, 0.3) is 0 Å². The first kappa shape index (κ1) is 22.5. The van der Waals surface area contributed by atoms with Crippen LogP contribution in [0.1, 0.15) is 65.6 Å². The minimum absolute atomic E-state index is 0.0590. The number of amides is 1. The van der Waals surface area contributed by atoms with Crippen LogP contribution in [0, 0.1) is 12.8 Å². The molecule has 2 fully saturated rings. The van der Waals surface area contributed by atoms with Crippen molar-refractivity contribution < 1.29 is 4.79 Å². The standard InChI is InChI=1S/C31H35N3O/c1-22-17-26-13-8-15-31(29(26)33-19-22)21-32-20-27(31)30(35)34-16-14-25(23-9-4-2-5-10-23)18-28(34)24-11-6-3-7-12-24/h2-7,9-12,17,19,25,27-28,32H,8,13-16,18,20-21H2,1H3/t25-,27+,28+,31-/m1/s1. The lowest BCUT2D eigenvalue weighted by Gasteiger charge is -2.45. The summed E-state index contributed by atoms with van der Waals surface area (Å²) in [5, 5.41) is 3.61. The molecule has 2 aliphatic heterocycles. The average molecular weight is 466 g/mol. The van der Waals surface area contributed by atoms with Crippen LogP contribution in [-0.2, 0) is 16.6 Å². The Balaban J connectivity index is 1.34. The molecule has 6 rings (SSSR count). The molecule has 2 saturated heterocycles. The highest BCUT2D eigenvalue weighted by atomic mass is 16.2. The number of aryl methyl sites for hydroxylation is 2. The molecule has 3 aliphatic rings. The minimum atomic E-state index is -0.185. The number of nitrogens with one attached hydrogen (secondary N) is 1. The molecule has 0 saturated carbocycles. The third-order valence-corrected chi connectivity index (χ3v) is 8.74. The number of pyridine rings is 1. The molecule has 0 radical (unpaired) electrons. The van der Waals surface area contributed by atoms with Crippen LogP contribution in [0.2, 0.25) is 0 Å². The zero-order valence-electron chi connectivity index (χ0n) is 20.6. The highest BCUT2D eigenvalue weighted by molar-refractivity contribution is 5.82. The maximum absolute atomic E-state index is 14.4. The lowest BCUT2D eigenvalue weighted by Crippen LogP contribution is -2.50. The van der Waals surface area contributed by atoms with Crippen molar-refractivity contribution in [2.24, 2.45) is 5.92 Å². The number of hydrogen-bond donors (Lipinski definition) is 1. The topological polar surface area (TPSA) is 45.2 Å². The van der Waals surface area contributed by atoms with Crippen LogP contribution in [0.4, 0.5) is 0 Å². The largest absolute Gasteiger partial charge is 0.335 e. The van der Waals surface area contributed by atoms with Gasteiger partial charge in [-0.05, 0) is 67.2 Å². The van der Waals surface area contributed by atoms with Gasteiger partial charge in [-0.1, -0.05) is 66.7 Å². The van der Waals surface area contributed by atoms with Crippen molar-refractivity contribution in [2.45, 2.75) is 56.4 Å². The molecular formula is C31H35N3O. The number of fused-ring (bicyclic) bond motifs is 2. The Labute approximate surface area is 208 Å². The van der Waals surface area contributed by atoms with E-state index in [9.17, 15) is 4.79 Å². The average Bonchev–Trinajstić information content (AvgIpc) is 3.32. The van der Waals surface area contributed by atoms with E-state index in [1.165, 1.54) is 27.9 Å². The third kappa shape index (κ3) is 3.98. The highest BCUT2D eigenvalue weighted by Gasteiger charge is 2.53. The summed E-state index contributed by atoms with van der Waals surface area (Å²) in [4.78, 5) is 21.6. The Morgan fingerprint density at radius 1 is 1.06 bits per heavy atom. The first-order valence-corrected chi connectivity index (χ1v) is 13.2. The second kappa shape index (κ2) is 9.23. The van der Waals surface area contributed by atoms with Crippen LogP contribution in [-0.4, -0.2) is 35.4 Å². The van der Waals surface area contributed by atoms with Crippen molar-refractivity contribution in [3.8, 4) is 0 Å². The van der Waals surface area contributed by atoms with Gasteiger partial charge in [0.2, 0.25) is 5.91 Å². The van der Waals surface area contributed by atoms with Gasteiger partial charge >= 0.3 is 0 Å². The van der Waals surface area contributed by atoms with Crippen molar-refractivity contribution in [1.82, 2.24) is 15.2 Å². The zero-order valence-corrected chi connectivity index (χ0v) is 20.6. The van der Waals surface area contributed by atoms with Crippen LogP contribution < -0.4 is 5.32 Å². The number of aromatic nitrogens is 1. The summed E-state index contributed by atoms with van der Waals surface area (Å²) in [6.07, 6.45) is 7.21. The van der Waals surface area contributed by atoms with Crippen molar-refractivity contribution in [2.75, 3.05) is 19.6 Å². The van der Waals surface area contributed by atoms with Gasteiger partial charge in [0, 0.05) is 31.2 Å². The Morgan fingerprint density at radius 3 is 2.57 bits per heavy atom. The number of likely N-dealkylation sites (tertiary alicyclic amines) is 1. The smallest absolute Gasteiger partial charge is 0.228 e. The first-order valence-electron chi connectivity index (χ1n) is 13.2. The summed E-state index contributed by atoms with van der Waals surface area (Å²) in [6, 6.07) is 23.9. The number of carbonyl (C=O) groups excluding carboxylic acids is 1. The maximum Gasteiger partial charge on any atom is 0.228 e. The molecule has 1 amide bonds. The SMILES string of the molecule is Cc1cnc2c(c1)CCC[C@]21CNC[C@H]1C(=O)N1CC[C@@H](c2ccccc2)C[C@H]1c1ccccc1. The van der Waals surface area contributed by atoms with Crippen molar-refractivity contribution >= 4 is 5.91 Å². The summed E-state index contributed by atoms with van der Waals surface area (Å²) in [7, 11) is 0. The molecular weight excluding hydrogens is 430 g/mol. The molecule has 3 aromatic rings. The van der Waals surface area contributed by atoms with Gasteiger partial charge in [0.25, 0.3) is 0 Å². The Morgan fingerprint density at radius 2 is 1.80 bits per heavy atom. The molecule has 1 N–H and O–H groups in total. The van der Waals surface area contributed by atoms with E-state index >= 15 is 0 Å². The van der Waals surface area contributed by atoms with E-state index in [2.05, 4.69) is 83.9 Å². The zero-order chi connectivity index (χ0) is 23.8. The van der Waals surface area contributed by atoms with Crippen LogP contribution in [0.5, 0.6) is 0 Å². The van der Waals surface area contributed by atoms with E-state index in [1.54, 1.807) is 0 Å². The van der Waals surface area contributed by atoms with Crippen LogP contribution >= 0.6 is 0 Å². The normalized spacial score (nSPS) is 28.1. The minimum Gasteiger partial charge on any atom is -0.335 e. The Bertz CT molecular complexity index is 1190. The van der Waals surface area contributed by atoms with E-state index in [-0.39, 0.29) is 17.4 Å². The quantitative estimate of drug-likeness (QED) is 0.569. The number of hydrogen-bond acceptors (Lipinski definition) is 3. The van der Waals surface area contributed by atoms with Crippen LogP contribution in [0.3, 0.4) is 0 Å². The second-order valence-corrected chi connectivity index (χ2v) is 10.8. The number of piperidine rings is 1. The molecule has 35 heavy (non-hydrogen) atoms. The Hall–Kier alpha value is -2.98. The molecule has 4 atom stereocenters. The Kier molecular flexibility index (Phi) is 5.93. The summed E-state index contributed by atoms with van der Waals surface area (Å²) >= 11 is 0. The summed E-state index contributed by atoms with van der Waals surface area (Å²) < 4.78 is 0. The van der Waals surface area contributed by atoms with Crippen LogP contribution in [0.15, 0.2) is 72.9 Å². The molecule has 4 nitrogen and oxygen atoms in total. The van der Waals surface area contributed by atoms with E-state index in [4.69, 9.17) is 4.98 Å². The van der Waals surface area contributed by atoms with E-state index < -0.39 is 0 Å². The molecule has 4 heteroatoms. The van der Waals surface area contributed by atoms with Crippen molar-refractivity contribution in [3.05, 3.63) is 101 Å². The summed E-state index contributed by atoms with van der Waals surface area (Å²) in [5.74, 6) is 0.725. The van der Waals surface area contributed by atoms with E-state index in [1.807, 2.05) is 6.20 Å². The highest BCUT2D eigenvalue weighted by Crippen LogP contribution is 2.47. The van der Waals surface area contributed by atoms with Gasteiger partial charge in [-0.2, -0.15) is 0 Å². The fourth-order valence-corrected chi connectivity index (χ4v) is 7.02. The molecule has 180 valence electrons. The van der Waals surface area contributed by atoms with Gasteiger partial charge in [-0.3, -0.25) is 9.78 Å². The van der Waals surface area contributed by atoms with Gasteiger partial charge in [-0.15, -0.1) is 0 Å². The van der Waals surface area contributed by atoms with Gasteiger partial charge in [0.1, 0.15) is 0 Å². The molecule has 1 spiro atoms. The molecule has 0 bridgehead atoms.